The third kappa shape index (κ3) is 5.71. The molecule has 21 heavy (non-hydrogen) atoms. The van der Waals surface area contributed by atoms with Crippen molar-refractivity contribution in [2.45, 2.75) is 45.3 Å². The van der Waals surface area contributed by atoms with Crippen LogP contribution in [0.25, 0.3) is 0 Å². The molecule has 5 nitrogen and oxygen atoms in total. The van der Waals surface area contributed by atoms with E-state index in [-0.39, 0.29) is 11.2 Å². The summed E-state index contributed by atoms with van der Waals surface area (Å²) in [5.74, 6) is -0.400. The minimum absolute atomic E-state index is 0.0443. The van der Waals surface area contributed by atoms with E-state index < -0.39 is 5.97 Å². The van der Waals surface area contributed by atoms with E-state index in [1.165, 1.54) is 11.8 Å². The molecule has 0 unspecified atom stereocenters. The van der Waals surface area contributed by atoms with Gasteiger partial charge >= 0.3 is 5.97 Å². The second-order valence-electron chi connectivity index (χ2n) is 6.79. The largest absolute Gasteiger partial charge is 0.481 e. The monoisotopic (exact) mass is 313 g/mol. The molecule has 0 radical (unpaired) electrons. The molecule has 0 saturated heterocycles. The van der Waals surface area contributed by atoms with Gasteiger partial charge in [-0.1, -0.05) is 39.5 Å². The fraction of sp³-hybridized carbons (Fsp3) is 0.733. The second kappa shape index (κ2) is 7.31. The Morgan fingerprint density at radius 1 is 1.48 bits per heavy atom. The topological polar surface area (TPSA) is 58.4 Å². The number of carboxylic acids is 1. The smallest absolute Gasteiger partial charge is 0.313 e. The summed E-state index contributed by atoms with van der Waals surface area (Å²) in [6.07, 6.45) is 1.88. The molecule has 0 aromatic carbocycles. The van der Waals surface area contributed by atoms with Gasteiger partial charge in [-0.05, 0) is 25.4 Å². The van der Waals surface area contributed by atoms with Crippen LogP contribution in [0.4, 0.5) is 0 Å². The van der Waals surface area contributed by atoms with Gasteiger partial charge in [0.25, 0.3) is 0 Å². The van der Waals surface area contributed by atoms with Crippen LogP contribution in [-0.4, -0.2) is 51.9 Å². The molecule has 1 aromatic heterocycles. The van der Waals surface area contributed by atoms with Crippen LogP contribution in [-0.2, 0) is 11.3 Å². The number of carboxylic acid groups (broad SMARTS) is 1. The van der Waals surface area contributed by atoms with Gasteiger partial charge in [0.1, 0.15) is 0 Å². The van der Waals surface area contributed by atoms with Crippen molar-refractivity contribution >= 4 is 17.7 Å². The summed E-state index contributed by atoms with van der Waals surface area (Å²) < 4.78 is 2.18. The summed E-state index contributed by atoms with van der Waals surface area (Å²) in [7, 11) is 4.14. The average molecular weight is 313 g/mol. The number of hydrogen-bond donors (Lipinski definition) is 1. The van der Waals surface area contributed by atoms with Gasteiger partial charge in [0.15, 0.2) is 5.16 Å². The zero-order chi connectivity index (χ0) is 16.2. The molecule has 120 valence electrons. The number of aromatic nitrogens is 2. The van der Waals surface area contributed by atoms with Crippen LogP contribution in [0.15, 0.2) is 11.4 Å². The fourth-order valence-corrected chi connectivity index (χ4v) is 3.27. The highest BCUT2D eigenvalue weighted by Gasteiger charge is 2.24. The first kappa shape index (κ1) is 18.0. The number of carbonyl (C=O) groups is 1. The Labute approximate surface area is 131 Å². The molecule has 0 saturated carbocycles. The molecule has 1 aromatic rings. The Morgan fingerprint density at radius 2 is 2.10 bits per heavy atom. The van der Waals surface area contributed by atoms with Crippen molar-refractivity contribution in [3.8, 4) is 0 Å². The van der Waals surface area contributed by atoms with Gasteiger partial charge in [0.05, 0.1) is 5.75 Å². The third-order valence-electron chi connectivity index (χ3n) is 3.10. The van der Waals surface area contributed by atoms with E-state index in [9.17, 15) is 4.79 Å². The predicted molar refractivity (Wildman–Crippen MR) is 87.0 cm³/mol. The molecule has 0 aliphatic rings. The lowest BCUT2D eigenvalue weighted by Gasteiger charge is -2.30. The SMILES string of the molecule is CC(C)c1cnc(SCC(=O)O)n1CC(C)(C)CN(C)C. The molecule has 1 heterocycles. The molecule has 0 amide bonds. The number of thioether (sulfide) groups is 1. The van der Waals surface area contributed by atoms with Crippen molar-refractivity contribution in [2.75, 3.05) is 26.4 Å². The first-order valence-electron chi connectivity index (χ1n) is 7.17. The molecule has 0 fully saturated rings. The van der Waals surface area contributed by atoms with Crippen LogP contribution in [0.2, 0.25) is 0 Å². The number of aliphatic carboxylic acids is 1. The van der Waals surface area contributed by atoms with Gasteiger partial charge in [0, 0.05) is 25.0 Å². The van der Waals surface area contributed by atoms with E-state index in [0.29, 0.717) is 5.92 Å². The number of imidazole rings is 1. The van der Waals surface area contributed by atoms with Crippen LogP contribution in [0.5, 0.6) is 0 Å². The maximum Gasteiger partial charge on any atom is 0.313 e. The quantitative estimate of drug-likeness (QED) is 0.748. The van der Waals surface area contributed by atoms with Crippen molar-refractivity contribution in [2.24, 2.45) is 5.41 Å². The highest BCUT2D eigenvalue weighted by Crippen LogP contribution is 2.28. The molecule has 6 heteroatoms. The molecule has 0 aliphatic carbocycles. The maximum atomic E-state index is 10.8. The first-order chi connectivity index (χ1) is 9.62. The van der Waals surface area contributed by atoms with Crippen molar-refractivity contribution < 1.29 is 9.90 Å². The number of hydrogen-bond acceptors (Lipinski definition) is 4. The van der Waals surface area contributed by atoms with E-state index in [0.717, 1.165) is 23.9 Å². The van der Waals surface area contributed by atoms with Crippen molar-refractivity contribution in [3.05, 3.63) is 11.9 Å². The molecular formula is C15H27N3O2S. The van der Waals surface area contributed by atoms with Gasteiger partial charge < -0.3 is 14.6 Å². The van der Waals surface area contributed by atoms with Crippen LogP contribution in [0, 0.1) is 5.41 Å². The molecule has 1 rings (SSSR count). The van der Waals surface area contributed by atoms with E-state index >= 15 is 0 Å². The zero-order valence-corrected chi connectivity index (χ0v) is 14.7. The summed E-state index contributed by atoms with van der Waals surface area (Å²) in [5, 5.41) is 9.67. The first-order valence-corrected chi connectivity index (χ1v) is 8.15. The Balaban J connectivity index is 3.00. The molecule has 0 aliphatic heterocycles. The van der Waals surface area contributed by atoms with E-state index in [1.54, 1.807) is 0 Å². The predicted octanol–water partition coefficient (Wildman–Crippen LogP) is 2.77. The molecule has 0 bridgehead atoms. The van der Waals surface area contributed by atoms with Crippen LogP contribution in [0.3, 0.4) is 0 Å². The Kier molecular flexibility index (Phi) is 6.28. The van der Waals surface area contributed by atoms with E-state index in [4.69, 9.17) is 5.11 Å². The zero-order valence-electron chi connectivity index (χ0n) is 13.9. The molecular weight excluding hydrogens is 286 g/mol. The summed E-state index contributed by atoms with van der Waals surface area (Å²) in [6.45, 7) is 10.5. The number of rotatable bonds is 8. The van der Waals surface area contributed by atoms with E-state index in [1.807, 2.05) is 6.20 Å². The van der Waals surface area contributed by atoms with Gasteiger partial charge in [-0.2, -0.15) is 0 Å². The lowest BCUT2D eigenvalue weighted by atomic mass is 9.92. The lowest BCUT2D eigenvalue weighted by Crippen LogP contribution is -2.33. The number of nitrogens with zero attached hydrogens (tertiary/aromatic N) is 3. The lowest BCUT2D eigenvalue weighted by molar-refractivity contribution is -0.133. The summed E-state index contributed by atoms with van der Waals surface area (Å²) in [4.78, 5) is 17.4. The molecule has 1 N–H and O–H groups in total. The Bertz CT molecular complexity index is 481. The normalized spacial score (nSPS) is 12.4. The van der Waals surface area contributed by atoms with Gasteiger partial charge in [-0.15, -0.1) is 0 Å². The van der Waals surface area contributed by atoms with Gasteiger partial charge in [0.2, 0.25) is 0 Å². The highest BCUT2D eigenvalue weighted by atomic mass is 32.2. The van der Waals surface area contributed by atoms with Crippen LogP contribution in [0.1, 0.15) is 39.3 Å². The van der Waals surface area contributed by atoms with Gasteiger partial charge in [-0.25, -0.2) is 4.98 Å². The van der Waals surface area contributed by atoms with Crippen molar-refractivity contribution in [1.82, 2.24) is 14.5 Å². The van der Waals surface area contributed by atoms with Crippen LogP contribution < -0.4 is 0 Å². The standard InChI is InChI=1S/C15H27N3O2S/c1-11(2)12-7-16-14(21-8-13(19)20)18(12)10-15(3,4)9-17(5)6/h7,11H,8-10H2,1-6H3,(H,19,20). The van der Waals surface area contributed by atoms with Gasteiger partial charge in [-0.3, -0.25) is 4.79 Å². The third-order valence-corrected chi connectivity index (χ3v) is 4.07. The molecule has 0 atom stereocenters. The second-order valence-corrected chi connectivity index (χ2v) is 7.73. The minimum Gasteiger partial charge on any atom is -0.481 e. The van der Waals surface area contributed by atoms with Crippen LogP contribution >= 0.6 is 11.8 Å². The Morgan fingerprint density at radius 3 is 2.57 bits per heavy atom. The Hall–Kier alpha value is -1.01. The minimum atomic E-state index is -0.812. The fourth-order valence-electron chi connectivity index (χ4n) is 2.57. The van der Waals surface area contributed by atoms with Crippen molar-refractivity contribution in [1.29, 1.82) is 0 Å². The highest BCUT2D eigenvalue weighted by molar-refractivity contribution is 7.99. The summed E-state index contributed by atoms with van der Waals surface area (Å²) >= 11 is 1.29. The molecule has 0 spiro atoms. The summed E-state index contributed by atoms with van der Waals surface area (Å²) in [5.41, 5.74) is 1.25. The summed E-state index contributed by atoms with van der Waals surface area (Å²) in [6, 6.07) is 0. The van der Waals surface area contributed by atoms with E-state index in [2.05, 4.69) is 56.2 Å². The van der Waals surface area contributed by atoms with Crippen molar-refractivity contribution in [3.63, 3.8) is 0 Å². The maximum absolute atomic E-state index is 10.8. The average Bonchev–Trinajstić information content (AvgIpc) is 2.66.